The Labute approximate surface area is 114 Å². The lowest BCUT2D eigenvalue weighted by Crippen LogP contribution is -2.35. The van der Waals surface area contributed by atoms with Crippen LogP contribution in [0, 0.1) is 3.57 Å². The second-order valence-corrected chi connectivity index (χ2v) is 5.21. The van der Waals surface area contributed by atoms with Crippen molar-refractivity contribution in [3.05, 3.63) is 27.3 Å². The number of nitrogens with one attached hydrogen (secondary N) is 1. The van der Waals surface area contributed by atoms with Crippen LogP contribution in [0.5, 0.6) is 0 Å². The normalized spacial score (nSPS) is 15.3. The predicted molar refractivity (Wildman–Crippen MR) is 74.0 cm³/mol. The van der Waals surface area contributed by atoms with Crippen LogP contribution in [0.15, 0.2) is 18.2 Å². The van der Waals surface area contributed by atoms with E-state index in [1.807, 2.05) is 19.1 Å². The zero-order chi connectivity index (χ0) is 12.4. The molecule has 1 N–H and O–H groups in total. The highest BCUT2D eigenvalue weighted by Crippen LogP contribution is 2.23. The minimum absolute atomic E-state index is 0.0726. The van der Waals surface area contributed by atoms with Crippen molar-refractivity contribution in [3.8, 4) is 0 Å². The molecule has 0 fully saturated rings. The summed E-state index contributed by atoms with van der Waals surface area (Å²) in [5.74, 6) is -0.204. The molecule has 0 radical (unpaired) electrons. The summed E-state index contributed by atoms with van der Waals surface area (Å²) in [5, 5.41) is 2.78. The molecule has 1 aromatic carbocycles. The van der Waals surface area contributed by atoms with Gasteiger partial charge in [0.25, 0.3) is 5.91 Å². The minimum Gasteiger partial charge on any atom is -0.329 e. The third kappa shape index (κ3) is 2.59. The first-order valence-corrected chi connectivity index (χ1v) is 6.58. The minimum atomic E-state index is -0.132. The maximum absolute atomic E-state index is 12.2. The number of benzene rings is 1. The molecule has 2 amide bonds. The Bertz CT molecular complexity index is 474. The molecule has 17 heavy (non-hydrogen) atoms. The quantitative estimate of drug-likeness (QED) is 0.836. The number of anilines is 1. The van der Waals surface area contributed by atoms with E-state index in [9.17, 15) is 9.59 Å². The Kier molecular flexibility index (Phi) is 3.66. The average Bonchev–Trinajstić information content (AvgIpc) is 2.37. The molecule has 0 bridgehead atoms. The van der Waals surface area contributed by atoms with Gasteiger partial charge < -0.3 is 10.2 Å². The molecule has 1 aliphatic rings. The van der Waals surface area contributed by atoms with Crippen LogP contribution in [0.4, 0.5) is 5.69 Å². The van der Waals surface area contributed by atoms with Crippen LogP contribution >= 0.6 is 22.6 Å². The van der Waals surface area contributed by atoms with Gasteiger partial charge in [0, 0.05) is 10.1 Å². The van der Waals surface area contributed by atoms with Crippen LogP contribution < -0.4 is 5.32 Å². The highest BCUT2D eigenvalue weighted by atomic mass is 127. The number of amides is 2. The number of rotatable bonds is 2. The summed E-state index contributed by atoms with van der Waals surface area (Å²) in [7, 11) is 0. The van der Waals surface area contributed by atoms with Crippen molar-refractivity contribution in [3.63, 3.8) is 0 Å². The Balaban J connectivity index is 2.42. The molecule has 0 spiro atoms. The van der Waals surface area contributed by atoms with Crippen LogP contribution in [-0.4, -0.2) is 29.8 Å². The molecule has 1 aromatic rings. The Hall–Kier alpha value is -1.11. The van der Waals surface area contributed by atoms with Gasteiger partial charge in [-0.2, -0.15) is 0 Å². The summed E-state index contributed by atoms with van der Waals surface area (Å²) in [5.41, 5.74) is 1.19. The van der Waals surface area contributed by atoms with E-state index in [4.69, 9.17) is 0 Å². The molecule has 0 aliphatic carbocycles. The number of halogens is 1. The molecular weight excluding hydrogens is 331 g/mol. The molecule has 0 aromatic heterocycles. The summed E-state index contributed by atoms with van der Waals surface area (Å²) in [6.07, 6.45) is 0.846. The molecule has 4 nitrogen and oxygen atoms in total. The zero-order valence-electron chi connectivity index (χ0n) is 9.50. The Morgan fingerprint density at radius 3 is 2.88 bits per heavy atom. The van der Waals surface area contributed by atoms with E-state index in [0.717, 1.165) is 9.99 Å². The average molecular weight is 344 g/mol. The van der Waals surface area contributed by atoms with Gasteiger partial charge in [0.15, 0.2) is 0 Å². The van der Waals surface area contributed by atoms with E-state index in [-0.39, 0.29) is 18.4 Å². The topological polar surface area (TPSA) is 49.4 Å². The van der Waals surface area contributed by atoms with Crippen molar-refractivity contribution < 1.29 is 9.59 Å². The molecular formula is C12H13IN2O2. The first-order chi connectivity index (χ1) is 8.11. The number of nitrogens with zero attached hydrogens (tertiary/aromatic N) is 1. The monoisotopic (exact) mass is 344 g/mol. The van der Waals surface area contributed by atoms with E-state index in [0.29, 0.717) is 17.8 Å². The second-order valence-electron chi connectivity index (χ2n) is 3.96. The fourth-order valence-electron chi connectivity index (χ4n) is 1.86. The smallest absolute Gasteiger partial charge is 0.256 e. The summed E-state index contributed by atoms with van der Waals surface area (Å²) in [6, 6.07) is 5.47. The van der Waals surface area contributed by atoms with Gasteiger partial charge >= 0.3 is 0 Å². The van der Waals surface area contributed by atoms with Gasteiger partial charge in [0.2, 0.25) is 5.91 Å². The standard InChI is InChI=1S/C12H13IN2O2/c1-2-5-15-7-11(16)14-10-6-8(13)3-4-9(10)12(15)17/h3-4,6H,2,5,7H2,1H3,(H,14,16). The third-order valence-corrected chi connectivity index (χ3v) is 3.27. The van der Waals surface area contributed by atoms with Crippen molar-refractivity contribution in [2.45, 2.75) is 13.3 Å². The molecule has 1 heterocycles. The maximum atomic E-state index is 12.2. The molecule has 0 saturated carbocycles. The molecule has 5 heteroatoms. The maximum Gasteiger partial charge on any atom is 0.256 e. The van der Waals surface area contributed by atoms with E-state index in [2.05, 4.69) is 27.9 Å². The van der Waals surface area contributed by atoms with Crippen LogP contribution in [0.2, 0.25) is 0 Å². The fraction of sp³-hybridized carbons (Fsp3) is 0.333. The van der Waals surface area contributed by atoms with Crippen LogP contribution in [0.3, 0.4) is 0 Å². The predicted octanol–water partition coefficient (Wildman–Crippen LogP) is 2.10. The van der Waals surface area contributed by atoms with Crippen molar-refractivity contribution in [1.82, 2.24) is 4.90 Å². The van der Waals surface area contributed by atoms with Gasteiger partial charge in [-0.15, -0.1) is 0 Å². The molecule has 0 unspecified atom stereocenters. The van der Waals surface area contributed by atoms with Gasteiger partial charge in [-0.05, 0) is 47.2 Å². The number of hydrogen-bond donors (Lipinski definition) is 1. The van der Waals surface area contributed by atoms with Crippen molar-refractivity contribution >= 4 is 40.1 Å². The van der Waals surface area contributed by atoms with Gasteiger partial charge in [-0.3, -0.25) is 9.59 Å². The summed E-state index contributed by atoms with van der Waals surface area (Å²) in [4.78, 5) is 25.5. The van der Waals surface area contributed by atoms with Gasteiger partial charge in [0.1, 0.15) is 6.54 Å². The number of carbonyl (C=O) groups is 2. The Morgan fingerprint density at radius 1 is 1.41 bits per heavy atom. The second kappa shape index (κ2) is 5.03. The molecule has 2 rings (SSSR count). The zero-order valence-corrected chi connectivity index (χ0v) is 11.7. The summed E-state index contributed by atoms with van der Waals surface area (Å²) >= 11 is 2.16. The molecule has 0 saturated heterocycles. The van der Waals surface area contributed by atoms with Crippen LogP contribution in [0.25, 0.3) is 0 Å². The summed E-state index contributed by atoms with van der Waals surface area (Å²) in [6.45, 7) is 2.74. The number of carbonyl (C=O) groups excluding carboxylic acids is 2. The number of hydrogen-bond acceptors (Lipinski definition) is 2. The first-order valence-electron chi connectivity index (χ1n) is 5.50. The Morgan fingerprint density at radius 2 is 2.18 bits per heavy atom. The lowest BCUT2D eigenvalue weighted by molar-refractivity contribution is -0.116. The van der Waals surface area contributed by atoms with Crippen molar-refractivity contribution in [2.75, 3.05) is 18.4 Å². The number of fused-ring (bicyclic) bond motifs is 1. The van der Waals surface area contributed by atoms with Crippen molar-refractivity contribution in [2.24, 2.45) is 0 Å². The summed E-state index contributed by atoms with van der Waals surface area (Å²) < 4.78 is 0.999. The lowest BCUT2D eigenvalue weighted by atomic mass is 10.1. The fourth-order valence-corrected chi connectivity index (χ4v) is 2.35. The molecule has 90 valence electrons. The van der Waals surface area contributed by atoms with Crippen LogP contribution in [0.1, 0.15) is 23.7 Å². The van der Waals surface area contributed by atoms with Crippen molar-refractivity contribution in [1.29, 1.82) is 0 Å². The molecule has 0 atom stereocenters. The van der Waals surface area contributed by atoms with Gasteiger partial charge in [0.05, 0.1) is 11.3 Å². The van der Waals surface area contributed by atoms with Crippen LogP contribution in [-0.2, 0) is 4.79 Å². The lowest BCUT2D eigenvalue weighted by Gasteiger charge is -2.18. The van der Waals surface area contributed by atoms with Gasteiger partial charge in [-0.1, -0.05) is 6.92 Å². The highest BCUT2D eigenvalue weighted by molar-refractivity contribution is 14.1. The first kappa shape index (κ1) is 12.3. The SMILES string of the molecule is CCCN1CC(=O)Nc2cc(I)ccc2C1=O. The van der Waals surface area contributed by atoms with E-state index in [1.54, 1.807) is 11.0 Å². The third-order valence-electron chi connectivity index (χ3n) is 2.60. The van der Waals surface area contributed by atoms with E-state index >= 15 is 0 Å². The van der Waals surface area contributed by atoms with E-state index in [1.165, 1.54) is 0 Å². The van der Waals surface area contributed by atoms with Gasteiger partial charge in [-0.25, -0.2) is 0 Å². The highest BCUT2D eigenvalue weighted by Gasteiger charge is 2.25. The largest absolute Gasteiger partial charge is 0.329 e. The molecule has 1 aliphatic heterocycles. The van der Waals surface area contributed by atoms with E-state index < -0.39 is 0 Å².